The van der Waals surface area contributed by atoms with Gasteiger partial charge in [0.2, 0.25) is 0 Å². The molecule has 2 aliphatic rings. The number of hydrogen-bond donors (Lipinski definition) is 2. The lowest BCUT2D eigenvalue weighted by Gasteiger charge is -2.33. The molecule has 0 saturated carbocycles. The summed E-state index contributed by atoms with van der Waals surface area (Å²) in [6.07, 6.45) is 0.819. The largest absolute Gasteiger partial charge is 0.351 e. The van der Waals surface area contributed by atoms with E-state index >= 15 is 0 Å². The summed E-state index contributed by atoms with van der Waals surface area (Å²) < 4.78 is 23.5. The molecular weight excluding hydrogens is 359 g/mol. The lowest BCUT2D eigenvalue weighted by molar-refractivity contribution is -0.178. The van der Waals surface area contributed by atoms with E-state index < -0.39 is 0 Å². The summed E-state index contributed by atoms with van der Waals surface area (Å²) >= 11 is 0. The van der Waals surface area contributed by atoms with Crippen LogP contribution in [0.1, 0.15) is 38.0 Å². The van der Waals surface area contributed by atoms with Crippen molar-refractivity contribution in [3.8, 4) is 0 Å². The smallest absolute Gasteiger partial charge is 0.154 e. The van der Waals surface area contributed by atoms with Crippen molar-refractivity contribution >= 4 is 0 Å². The van der Waals surface area contributed by atoms with E-state index in [0.717, 1.165) is 37.3 Å². The molecule has 0 radical (unpaired) electrons. The Morgan fingerprint density at radius 1 is 1.14 bits per heavy atom. The molecular formula is C22H31FN2O3. The van der Waals surface area contributed by atoms with Gasteiger partial charge in [-0.15, -0.1) is 0 Å². The first-order chi connectivity index (χ1) is 13.6. The third-order valence-electron chi connectivity index (χ3n) is 5.00. The van der Waals surface area contributed by atoms with Crippen LogP contribution in [0, 0.1) is 5.82 Å². The Kier molecular flexibility index (Phi) is 7.53. The van der Waals surface area contributed by atoms with Crippen LogP contribution >= 0.6 is 0 Å². The molecule has 4 rings (SSSR count). The van der Waals surface area contributed by atoms with Crippen LogP contribution in [0.5, 0.6) is 0 Å². The van der Waals surface area contributed by atoms with E-state index in [-0.39, 0.29) is 19.6 Å². The van der Waals surface area contributed by atoms with E-state index in [0.29, 0.717) is 12.6 Å². The van der Waals surface area contributed by atoms with Crippen LogP contribution in [-0.4, -0.2) is 48.9 Å². The Balaban J connectivity index is 0.000000234. The van der Waals surface area contributed by atoms with Gasteiger partial charge in [0.25, 0.3) is 0 Å². The second-order valence-corrected chi connectivity index (χ2v) is 7.05. The van der Waals surface area contributed by atoms with Gasteiger partial charge in [-0.3, -0.25) is 0 Å². The third kappa shape index (κ3) is 5.37. The van der Waals surface area contributed by atoms with Gasteiger partial charge in [0.05, 0.1) is 25.3 Å². The number of hydroxylamine groups is 2. The second-order valence-electron chi connectivity index (χ2n) is 7.05. The maximum absolute atomic E-state index is 13.0. The number of likely N-dealkylation sites (N-methyl/N-ethyl adjacent to an activating group) is 1. The number of rotatable bonds is 3. The molecule has 2 heterocycles. The van der Waals surface area contributed by atoms with Gasteiger partial charge in [-0.2, -0.15) is 5.06 Å². The molecule has 1 saturated heterocycles. The minimum absolute atomic E-state index is 0. The van der Waals surface area contributed by atoms with Crippen LogP contribution in [0.2, 0.25) is 0 Å². The topological polar surface area (TPSA) is 54.0 Å². The number of hydrogen-bond acceptors (Lipinski definition) is 5. The zero-order valence-electron chi connectivity index (χ0n) is 16.5. The lowest BCUT2D eigenvalue weighted by Crippen LogP contribution is -2.43. The van der Waals surface area contributed by atoms with Gasteiger partial charge < -0.3 is 20.0 Å². The van der Waals surface area contributed by atoms with Crippen molar-refractivity contribution in [2.45, 2.75) is 38.6 Å². The fourth-order valence-corrected chi connectivity index (χ4v) is 3.56. The number of ether oxygens (including phenoxy) is 2. The molecule has 1 fully saturated rings. The van der Waals surface area contributed by atoms with Crippen molar-refractivity contribution in [1.82, 2.24) is 10.4 Å². The summed E-state index contributed by atoms with van der Waals surface area (Å²) in [6.45, 7) is 7.12. The highest BCUT2D eigenvalue weighted by molar-refractivity contribution is 5.39. The van der Waals surface area contributed by atoms with E-state index in [2.05, 4.69) is 18.3 Å². The fraction of sp³-hybridized carbons (Fsp3) is 0.455. The highest BCUT2D eigenvalue weighted by Gasteiger charge is 2.27. The van der Waals surface area contributed by atoms with Gasteiger partial charge in [0.15, 0.2) is 6.29 Å². The number of nitrogens with zero attached hydrogens (tertiary/aromatic N) is 1. The van der Waals surface area contributed by atoms with E-state index in [1.54, 1.807) is 12.1 Å². The average Bonchev–Trinajstić information content (AvgIpc) is 2.71. The second kappa shape index (κ2) is 10.1. The van der Waals surface area contributed by atoms with Gasteiger partial charge >= 0.3 is 0 Å². The van der Waals surface area contributed by atoms with Crippen LogP contribution in [0.25, 0.3) is 0 Å². The van der Waals surface area contributed by atoms with Gasteiger partial charge in [0.1, 0.15) is 5.82 Å². The summed E-state index contributed by atoms with van der Waals surface area (Å²) in [7, 11) is 0. The number of fused-ring (bicyclic) bond motifs is 1. The molecule has 0 unspecified atom stereocenters. The van der Waals surface area contributed by atoms with E-state index in [9.17, 15) is 9.60 Å². The molecule has 0 bridgehead atoms. The molecule has 1 atom stereocenters. The normalized spacial score (nSPS) is 24.8. The molecule has 28 heavy (non-hydrogen) atoms. The van der Waals surface area contributed by atoms with Crippen molar-refractivity contribution < 1.29 is 20.5 Å². The molecule has 6 heteroatoms. The van der Waals surface area contributed by atoms with E-state index in [1.807, 2.05) is 25.1 Å². The van der Waals surface area contributed by atoms with Crippen LogP contribution in [0.4, 0.5) is 4.39 Å². The average molecular weight is 390 g/mol. The van der Waals surface area contributed by atoms with Crippen molar-refractivity contribution in [3.05, 3.63) is 71.0 Å². The summed E-state index contributed by atoms with van der Waals surface area (Å²) in [5.74, 6) is -0.257. The van der Waals surface area contributed by atoms with Gasteiger partial charge in [-0.1, -0.05) is 43.3 Å². The Bertz CT molecular complexity index is 739. The zero-order chi connectivity index (χ0) is 19.9. The molecule has 0 amide bonds. The first-order valence-corrected chi connectivity index (χ1v) is 9.83. The molecule has 0 aliphatic carbocycles. The lowest BCUT2D eigenvalue weighted by atomic mass is 9.89. The zero-order valence-corrected chi connectivity index (χ0v) is 16.5. The maximum Gasteiger partial charge on any atom is 0.154 e. The van der Waals surface area contributed by atoms with Gasteiger partial charge in [0, 0.05) is 7.97 Å². The monoisotopic (exact) mass is 390 g/mol. The summed E-state index contributed by atoms with van der Waals surface area (Å²) in [6, 6.07) is 14.6. The third-order valence-corrected chi connectivity index (χ3v) is 5.00. The molecule has 0 spiro atoms. The molecule has 2 aromatic carbocycles. The molecule has 2 aromatic rings. The van der Waals surface area contributed by atoms with Crippen LogP contribution in [-0.2, 0) is 15.9 Å². The molecule has 5 nitrogen and oxygen atoms in total. The predicted molar refractivity (Wildman–Crippen MR) is 108 cm³/mol. The Hall–Kier alpha value is -1.83. The highest BCUT2D eigenvalue weighted by Crippen LogP contribution is 2.33. The Labute approximate surface area is 167 Å². The van der Waals surface area contributed by atoms with Crippen molar-refractivity contribution in [2.24, 2.45) is 0 Å². The van der Waals surface area contributed by atoms with Crippen molar-refractivity contribution in [2.75, 3.05) is 26.3 Å². The van der Waals surface area contributed by atoms with Gasteiger partial charge in [-0.05, 0) is 48.7 Å². The highest BCUT2D eigenvalue weighted by atomic mass is 19.1. The van der Waals surface area contributed by atoms with Crippen LogP contribution in [0.3, 0.4) is 0 Å². The minimum atomic E-state index is -0.257. The van der Waals surface area contributed by atoms with Gasteiger partial charge in [-0.25, -0.2) is 4.39 Å². The van der Waals surface area contributed by atoms with Crippen LogP contribution < -0.4 is 5.32 Å². The summed E-state index contributed by atoms with van der Waals surface area (Å²) in [5.41, 5.74) is 3.25. The quantitative estimate of drug-likeness (QED) is 0.836. The van der Waals surface area contributed by atoms with Crippen LogP contribution in [0.15, 0.2) is 48.5 Å². The van der Waals surface area contributed by atoms with E-state index in [4.69, 9.17) is 9.47 Å². The SMILES string of the molecule is CCNC1COC(C)OC1.ON1CCc2ccccc2[C@@H]1c1ccc(F)cc1.[HH]. The van der Waals surface area contributed by atoms with Crippen molar-refractivity contribution in [3.63, 3.8) is 0 Å². The first-order valence-electron chi connectivity index (χ1n) is 9.83. The molecule has 0 aromatic heterocycles. The minimum Gasteiger partial charge on any atom is -0.351 e. The molecule has 154 valence electrons. The van der Waals surface area contributed by atoms with Crippen molar-refractivity contribution in [1.29, 1.82) is 0 Å². The number of halogens is 1. The summed E-state index contributed by atoms with van der Waals surface area (Å²) in [4.78, 5) is 0. The fourth-order valence-electron chi connectivity index (χ4n) is 3.56. The first kappa shape index (κ1) is 20.9. The maximum atomic E-state index is 13.0. The molecule has 2 aliphatic heterocycles. The summed E-state index contributed by atoms with van der Waals surface area (Å²) in [5, 5.41) is 14.7. The number of benzene rings is 2. The molecule has 2 N–H and O–H groups in total. The Morgan fingerprint density at radius 2 is 1.82 bits per heavy atom. The predicted octanol–water partition coefficient (Wildman–Crippen LogP) is 3.77. The number of nitrogens with one attached hydrogen (secondary N) is 1. The van der Waals surface area contributed by atoms with E-state index in [1.165, 1.54) is 22.8 Å². The standard InChI is InChI=1S/C15H14FNO.C7H15NO2.H2/c16-13-7-5-12(6-8-13)15-14-4-2-1-3-11(14)9-10-17(15)18;1-3-8-7-4-9-6(2)10-5-7;/h1-8,15,18H,9-10H2;6-8H,3-5H2,1-2H3;1H/t15-;;/m0../s1. The Morgan fingerprint density at radius 3 is 2.50 bits per heavy atom.